The molecule has 0 bridgehead atoms. The van der Waals surface area contributed by atoms with Crippen LogP contribution in [0.2, 0.25) is 0 Å². The molecule has 2 heterocycles. The first-order chi connectivity index (χ1) is 11.2. The molecule has 2 aromatic rings. The lowest BCUT2D eigenvalue weighted by atomic mass is 10.2. The van der Waals surface area contributed by atoms with Crippen LogP contribution in [-0.2, 0) is 17.8 Å². The Kier molecular flexibility index (Phi) is 4.81. The maximum Gasteiger partial charge on any atom is 0.233 e. The number of benzene rings is 1. The number of anilines is 2. The maximum absolute atomic E-state index is 12.4. The molecule has 1 aliphatic rings. The van der Waals surface area contributed by atoms with Crippen molar-refractivity contribution in [1.29, 1.82) is 0 Å². The van der Waals surface area contributed by atoms with Crippen LogP contribution in [0.4, 0.5) is 11.6 Å². The van der Waals surface area contributed by atoms with E-state index in [9.17, 15) is 4.79 Å². The van der Waals surface area contributed by atoms with Crippen LogP contribution in [0.25, 0.3) is 0 Å². The van der Waals surface area contributed by atoms with Gasteiger partial charge in [0.05, 0.1) is 13.0 Å². The SMILES string of the molecule is CCCCSc1nc(N)c2c(n1)N(Cc1ccccc1)C(=O)C2. The van der Waals surface area contributed by atoms with Gasteiger partial charge in [-0.05, 0) is 12.0 Å². The van der Waals surface area contributed by atoms with E-state index in [2.05, 4.69) is 16.9 Å². The highest BCUT2D eigenvalue weighted by molar-refractivity contribution is 7.99. The Morgan fingerprint density at radius 3 is 2.78 bits per heavy atom. The van der Waals surface area contributed by atoms with Gasteiger partial charge in [-0.25, -0.2) is 9.97 Å². The van der Waals surface area contributed by atoms with Crippen molar-refractivity contribution >= 4 is 29.3 Å². The van der Waals surface area contributed by atoms with Crippen molar-refractivity contribution in [3.05, 3.63) is 41.5 Å². The van der Waals surface area contributed by atoms with E-state index in [0.29, 0.717) is 23.3 Å². The Hall–Kier alpha value is -2.08. The largest absolute Gasteiger partial charge is 0.383 e. The lowest BCUT2D eigenvalue weighted by molar-refractivity contribution is -0.117. The van der Waals surface area contributed by atoms with E-state index in [1.165, 1.54) is 0 Å². The number of thioether (sulfide) groups is 1. The van der Waals surface area contributed by atoms with Gasteiger partial charge in [0.1, 0.15) is 11.6 Å². The zero-order valence-corrected chi connectivity index (χ0v) is 14.0. The van der Waals surface area contributed by atoms with Gasteiger partial charge in [0.2, 0.25) is 5.91 Å². The van der Waals surface area contributed by atoms with Crippen LogP contribution in [0.3, 0.4) is 0 Å². The monoisotopic (exact) mass is 328 g/mol. The van der Waals surface area contributed by atoms with Crippen LogP contribution in [-0.4, -0.2) is 21.6 Å². The molecule has 3 rings (SSSR count). The molecule has 5 nitrogen and oxygen atoms in total. The van der Waals surface area contributed by atoms with Gasteiger partial charge in [0.15, 0.2) is 5.16 Å². The fraction of sp³-hybridized carbons (Fsp3) is 0.353. The molecule has 120 valence electrons. The second kappa shape index (κ2) is 7.00. The summed E-state index contributed by atoms with van der Waals surface area (Å²) >= 11 is 1.59. The summed E-state index contributed by atoms with van der Waals surface area (Å²) in [7, 11) is 0. The average molecular weight is 328 g/mol. The molecule has 23 heavy (non-hydrogen) atoms. The number of nitrogens with two attached hydrogens (primary N) is 1. The second-order valence-corrected chi connectivity index (χ2v) is 6.60. The van der Waals surface area contributed by atoms with Gasteiger partial charge in [-0.1, -0.05) is 55.4 Å². The predicted molar refractivity (Wildman–Crippen MR) is 93.4 cm³/mol. The molecule has 0 aliphatic carbocycles. The first-order valence-corrected chi connectivity index (χ1v) is 8.81. The van der Waals surface area contributed by atoms with Gasteiger partial charge in [0, 0.05) is 11.3 Å². The molecule has 1 aromatic heterocycles. The summed E-state index contributed by atoms with van der Waals surface area (Å²) in [5, 5.41) is 0.655. The molecule has 0 unspecified atom stereocenters. The number of nitrogen functional groups attached to an aromatic ring is 1. The van der Waals surface area contributed by atoms with Gasteiger partial charge in [0.25, 0.3) is 0 Å². The highest BCUT2D eigenvalue weighted by atomic mass is 32.2. The molecule has 0 radical (unpaired) electrons. The molecule has 0 spiro atoms. The molecule has 0 fully saturated rings. The van der Waals surface area contributed by atoms with Crippen LogP contribution in [0.5, 0.6) is 0 Å². The number of hydrogen-bond donors (Lipinski definition) is 1. The van der Waals surface area contributed by atoms with E-state index in [-0.39, 0.29) is 12.3 Å². The van der Waals surface area contributed by atoms with E-state index >= 15 is 0 Å². The van der Waals surface area contributed by atoms with Crippen molar-refractivity contribution in [2.45, 2.75) is 37.9 Å². The van der Waals surface area contributed by atoms with E-state index in [0.717, 1.165) is 29.7 Å². The lowest BCUT2D eigenvalue weighted by Crippen LogP contribution is -2.26. The minimum atomic E-state index is 0.0283. The van der Waals surface area contributed by atoms with E-state index in [1.54, 1.807) is 16.7 Å². The molecule has 2 N–H and O–H groups in total. The summed E-state index contributed by atoms with van der Waals surface area (Å²) < 4.78 is 0. The van der Waals surface area contributed by atoms with E-state index in [4.69, 9.17) is 5.73 Å². The number of amides is 1. The number of aromatic nitrogens is 2. The van der Waals surface area contributed by atoms with E-state index in [1.807, 2.05) is 30.3 Å². The van der Waals surface area contributed by atoms with Crippen LogP contribution in [0.1, 0.15) is 30.9 Å². The molecular weight excluding hydrogens is 308 g/mol. The number of fused-ring (bicyclic) bond motifs is 1. The van der Waals surface area contributed by atoms with Crippen molar-refractivity contribution in [3.8, 4) is 0 Å². The summed E-state index contributed by atoms with van der Waals surface area (Å²) in [6.07, 6.45) is 2.53. The third-order valence-electron chi connectivity index (χ3n) is 3.79. The third-order valence-corrected chi connectivity index (χ3v) is 4.73. The standard InChI is InChI=1S/C17H20N4OS/c1-2-3-9-23-17-19-15(18)13-10-14(22)21(16(13)20-17)11-12-7-5-4-6-8-12/h4-8H,2-3,9-11H2,1H3,(H2,18,19,20). The maximum atomic E-state index is 12.4. The number of unbranched alkanes of at least 4 members (excludes halogenated alkanes) is 1. The second-order valence-electron chi connectivity index (χ2n) is 5.54. The van der Waals surface area contributed by atoms with Crippen LogP contribution in [0.15, 0.2) is 35.5 Å². The summed E-state index contributed by atoms with van der Waals surface area (Å²) in [6.45, 7) is 2.67. The van der Waals surface area contributed by atoms with Crippen molar-refractivity contribution in [2.75, 3.05) is 16.4 Å². The van der Waals surface area contributed by atoms with E-state index < -0.39 is 0 Å². The fourth-order valence-electron chi connectivity index (χ4n) is 2.53. The Morgan fingerprint density at radius 2 is 2.04 bits per heavy atom. The predicted octanol–water partition coefficient (Wildman–Crippen LogP) is 3.04. The smallest absolute Gasteiger partial charge is 0.233 e. The third kappa shape index (κ3) is 3.47. The highest BCUT2D eigenvalue weighted by Crippen LogP contribution is 2.33. The lowest BCUT2D eigenvalue weighted by Gasteiger charge is -2.17. The van der Waals surface area contributed by atoms with Gasteiger partial charge in [-0.3, -0.25) is 9.69 Å². The zero-order valence-electron chi connectivity index (χ0n) is 13.2. The van der Waals surface area contributed by atoms with Crippen molar-refractivity contribution in [3.63, 3.8) is 0 Å². The Morgan fingerprint density at radius 1 is 1.26 bits per heavy atom. The van der Waals surface area contributed by atoms with Crippen LogP contribution in [0, 0.1) is 0 Å². The van der Waals surface area contributed by atoms with Gasteiger partial charge < -0.3 is 5.73 Å². The normalized spacial score (nSPS) is 13.4. The molecule has 1 aliphatic heterocycles. The molecule has 6 heteroatoms. The number of nitrogens with zero attached hydrogens (tertiary/aromatic N) is 3. The molecule has 1 amide bonds. The number of hydrogen-bond acceptors (Lipinski definition) is 5. The Bertz CT molecular complexity index is 705. The number of carbonyl (C=O) groups excluding carboxylic acids is 1. The number of carbonyl (C=O) groups is 1. The quantitative estimate of drug-likeness (QED) is 0.501. The molecule has 0 saturated heterocycles. The van der Waals surface area contributed by atoms with Crippen LogP contribution >= 0.6 is 11.8 Å². The molecular formula is C17H20N4OS. The van der Waals surface area contributed by atoms with Crippen molar-refractivity contribution in [2.24, 2.45) is 0 Å². The average Bonchev–Trinajstić information content (AvgIpc) is 2.86. The molecule has 1 aromatic carbocycles. The highest BCUT2D eigenvalue weighted by Gasteiger charge is 2.31. The summed E-state index contributed by atoms with van der Waals surface area (Å²) in [4.78, 5) is 23.0. The summed E-state index contributed by atoms with van der Waals surface area (Å²) in [6, 6.07) is 9.92. The van der Waals surface area contributed by atoms with Crippen molar-refractivity contribution < 1.29 is 4.79 Å². The Balaban J connectivity index is 1.86. The zero-order chi connectivity index (χ0) is 16.2. The number of rotatable bonds is 6. The topological polar surface area (TPSA) is 72.1 Å². The van der Waals surface area contributed by atoms with Crippen LogP contribution < -0.4 is 10.6 Å². The minimum Gasteiger partial charge on any atom is -0.383 e. The van der Waals surface area contributed by atoms with Gasteiger partial charge in [-0.2, -0.15) is 0 Å². The molecule has 0 saturated carbocycles. The summed E-state index contributed by atoms with van der Waals surface area (Å²) in [5.41, 5.74) is 7.88. The van der Waals surface area contributed by atoms with Crippen molar-refractivity contribution in [1.82, 2.24) is 9.97 Å². The first-order valence-electron chi connectivity index (χ1n) is 7.82. The summed E-state index contributed by atoms with van der Waals surface area (Å²) in [5.74, 6) is 2.09. The Labute approximate surface area is 140 Å². The van der Waals surface area contributed by atoms with Gasteiger partial charge >= 0.3 is 0 Å². The molecule has 0 atom stereocenters. The first kappa shape index (κ1) is 15.8. The fourth-order valence-corrected chi connectivity index (χ4v) is 3.46. The minimum absolute atomic E-state index is 0.0283. The van der Waals surface area contributed by atoms with Gasteiger partial charge in [-0.15, -0.1) is 0 Å².